The molecule has 1 atom stereocenters. The quantitative estimate of drug-likeness (QED) is 0.678. The summed E-state index contributed by atoms with van der Waals surface area (Å²) in [7, 11) is 0. The Bertz CT molecular complexity index is 443. The second kappa shape index (κ2) is 2.34. The fourth-order valence-corrected chi connectivity index (χ4v) is 4.01. The van der Waals surface area contributed by atoms with Crippen molar-refractivity contribution >= 4 is 5.78 Å². The van der Waals surface area contributed by atoms with E-state index in [1.807, 2.05) is 0 Å². The van der Waals surface area contributed by atoms with Crippen molar-refractivity contribution in [2.24, 2.45) is 11.3 Å². The van der Waals surface area contributed by atoms with E-state index in [0.29, 0.717) is 17.6 Å². The van der Waals surface area contributed by atoms with E-state index in [0.717, 1.165) is 5.92 Å². The topological polar surface area (TPSA) is 17.1 Å². The minimum Gasteiger partial charge on any atom is -0.299 e. The molecule has 2 bridgehead atoms. The predicted molar refractivity (Wildman–Crippen MR) is 57.7 cm³/mol. The summed E-state index contributed by atoms with van der Waals surface area (Å²) in [6, 6.07) is 8.43. The van der Waals surface area contributed by atoms with E-state index >= 15 is 0 Å². The molecule has 0 amide bonds. The van der Waals surface area contributed by atoms with Crippen LogP contribution in [0.15, 0.2) is 24.3 Å². The number of hydrogen-bond acceptors (Lipinski definition) is 1. The zero-order chi connectivity index (χ0) is 10.0. The normalized spacial score (nSPS) is 40.7. The van der Waals surface area contributed by atoms with Gasteiger partial charge in [0.2, 0.25) is 0 Å². The predicted octanol–water partition coefficient (Wildman–Crippen LogP) is 2.70. The number of carbonyl (C=O) groups excluding carboxylic acids is 1. The van der Waals surface area contributed by atoms with E-state index in [9.17, 15) is 4.79 Å². The second-order valence-electron chi connectivity index (χ2n) is 5.62. The van der Waals surface area contributed by atoms with Crippen LogP contribution in [0.3, 0.4) is 0 Å². The number of fused-ring (bicyclic) bond motifs is 1. The van der Waals surface area contributed by atoms with Gasteiger partial charge in [-0.1, -0.05) is 24.3 Å². The van der Waals surface area contributed by atoms with Crippen LogP contribution in [0.4, 0.5) is 0 Å². The fourth-order valence-electron chi connectivity index (χ4n) is 4.01. The number of rotatable bonds is 1. The van der Waals surface area contributed by atoms with Crippen LogP contribution in [0.25, 0.3) is 0 Å². The highest BCUT2D eigenvalue weighted by atomic mass is 16.1. The first-order chi connectivity index (χ1) is 7.28. The van der Waals surface area contributed by atoms with Crippen LogP contribution in [0.2, 0.25) is 0 Å². The van der Waals surface area contributed by atoms with Gasteiger partial charge in [-0.05, 0) is 41.7 Å². The SMILES string of the molecule is O=C1Cc2ccccc2C1C12CC(C1)C2. The van der Waals surface area contributed by atoms with Crippen LogP contribution in [0.1, 0.15) is 36.3 Å². The average molecular weight is 198 g/mol. The van der Waals surface area contributed by atoms with Crippen molar-refractivity contribution in [3.63, 3.8) is 0 Å². The number of Topliss-reactive ketones (excluding diaryl/α,β-unsaturated/α-hetero) is 1. The Morgan fingerprint density at radius 2 is 1.87 bits per heavy atom. The third-order valence-electron chi connectivity index (χ3n) is 4.75. The zero-order valence-electron chi connectivity index (χ0n) is 8.70. The first kappa shape index (κ1) is 8.09. The lowest BCUT2D eigenvalue weighted by atomic mass is 9.39. The van der Waals surface area contributed by atoms with Crippen LogP contribution < -0.4 is 0 Å². The van der Waals surface area contributed by atoms with Gasteiger partial charge < -0.3 is 0 Å². The Balaban J connectivity index is 1.82. The van der Waals surface area contributed by atoms with Crippen molar-refractivity contribution in [2.45, 2.75) is 31.6 Å². The van der Waals surface area contributed by atoms with Gasteiger partial charge in [0.15, 0.2) is 0 Å². The third kappa shape index (κ3) is 0.831. The van der Waals surface area contributed by atoms with Crippen molar-refractivity contribution in [1.29, 1.82) is 0 Å². The molecule has 4 aliphatic rings. The maximum atomic E-state index is 12.1. The Morgan fingerprint density at radius 3 is 2.53 bits per heavy atom. The maximum Gasteiger partial charge on any atom is 0.145 e. The fraction of sp³-hybridized carbons (Fsp3) is 0.500. The third-order valence-corrected chi connectivity index (χ3v) is 4.75. The van der Waals surface area contributed by atoms with Crippen molar-refractivity contribution < 1.29 is 4.79 Å². The Hall–Kier alpha value is -1.11. The molecule has 1 nitrogen and oxygen atoms in total. The molecule has 1 aromatic carbocycles. The molecule has 0 saturated heterocycles. The van der Waals surface area contributed by atoms with Crippen LogP contribution in [0, 0.1) is 11.3 Å². The van der Waals surface area contributed by atoms with Gasteiger partial charge in [-0.15, -0.1) is 0 Å². The molecule has 0 radical (unpaired) electrons. The van der Waals surface area contributed by atoms with E-state index in [4.69, 9.17) is 0 Å². The summed E-state index contributed by atoms with van der Waals surface area (Å²) in [6.45, 7) is 0. The molecule has 1 aromatic rings. The molecule has 5 rings (SSSR count). The second-order valence-corrected chi connectivity index (χ2v) is 5.62. The van der Waals surface area contributed by atoms with Gasteiger partial charge in [0.05, 0.1) is 0 Å². The van der Waals surface area contributed by atoms with Crippen LogP contribution in [-0.2, 0) is 11.2 Å². The Labute approximate surface area is 89.5 Å². The Morgan fingerprint density at radius 1 is 1.13 bits per heavy atom. The molecule has 76 valence electrons. The van der Waals surface area contributed by atoms with Crippen LogP contribution in [0.5, 0.6) is 0 Å². The maximum absolute atomic E-state index is 12.1. The molecule has 1 unspecified atom stereocenters. The first-order valence-corrected chi connectivity index (χ1v) is 5.89. The summed E-state index contributed by atoms with van der Waals surface area (Å²) in [6.07, 6.45) is 4.64. The largest absolute Gasteiger partial charge is 0.299 e. The number of benzene rings is 1. The lowest BCUT2D eigenvalue weighted by Crippen LogP contribution is -2.56. The van der Waals surface area contributed by atoms with Gasteiger partial charge in [0.25, 0.3) is 0 Å². The molecule has 1 heteroatoms. The van der Waals surface area contributed by atoms with E-state index in [1.165, 1.54) is 30.4 Å². The van der Waals surface area contributed by atoms with Crippen molar-refractivity contribution in [3.05, 3.63) is 35.4 Å². The highest BCUT2D eigenvalue weighted by Gasteiger charge is 2.63. The summed E-state index contributed by atoms with van der Waals surface area (Å²) in [4.78, 5) is 12.1. The zero-order valence-corrected chi connectivity index (χ0v) is 8.70. The smallest absolute Gasteiger partial charge is 0.145 e. The molecule has 15 heavy (non-hydrogen) atoms. The van der Waals surface area contributed by atoms with Crippen LogP contribution >= 0.6 is 0 Å². The molecule has 0 heterocycles. The summed E-state index contributed by atoms with van der Waals surface area (Å²) in [5, 5.41) is 0. The van der Waals surface area contributed by atoms with Crippen molar-refractivity contribution in [2.75, 3.05) is 0 Å². The van der Waals surface area contributed by atoms with Gasteiger partial charge in [-0.25, -0.2) is 0 Å². The van der Waals surface area contributed by atoms with E-state index < -0.39 is 0 Å². The van der Waals surface area contributed by atoms with Gasteiger partial charge in [-0.3, -0.25) is 4.79 Å². The van der Waals surface area contributed by atoms with E-state index in [2.05, 4.69) is 24.3 Å². The summed E-state index contributed by atoms with van der Waals surface area (Å²) < 4.78 is 0. The Kier molecular flexibility index (Phi) is 1.26. The first-order valence-electron chi connectivity index (χ1n) is 5.89. The van der Waals surface area contributed by atoms with Crippen molar-refractivity contribution in [3.8, 4) is 0 Å². The van der Waals surface area contributed by atoms with E-state index in [-0.39, 0.29) is 5.92 Å². The lowest BCUT2D eigenvalue weighted by molar-refractivity contribution is -0.149. The minimum atomic E-state index is 0.263. The molecule has 0 spiro atoms. The summed E-state index contributed by atoms with van der Waals surface area (Å²) in [5.41, 5.74) is 3.05. The number of hydrogen-bond donors (Lipinski definition) is 0. The minimum absolute atomic E-state index is 0.263. The molecule has 0 aromatic heterocycles. The highest BCUT2D eigenvalue weighted by molar-refractivity contribution is 5.93. The highest BCUT2D eigenvalue weighted by Crippen LogP contribution is 2.71. The lowest BCUT2D eigenvalue weighted by Gasteiger charge is -2.64. The molecule has 0 N–H and O–H groups in total. The van der Waals surface area contributed by atoms with Gasteiger partial charge in [-0.2, -0.15) is 0 Å². The average Bonchev–Trinajstić information content (AvgIpc) is 2.39. The molecule has 3 saturated carbocycles. The molecule has 3 fully saturated rings. The number of carbonyl (C=O) groups is 1. The van der Waals surface area contributed by atoms with Gasteiger partial charge in [0.1, 0.15) is 5.78 Å². The van der Waals surface area contributed by atoms with Crippen LogP contribution in [-0.4, -0.2) is 5.78 Å². The van der Waals surface area contributed by atoms with E-state index in [1.54, 1.807) is 0 Å². The summed E-state index contributed by atoms with van der Waals surface area (Å²) >= 11 is 0. The molecular weight excluding hydrogens is 184 g/mol. The standard InChI is InChI=1S/C14H14O/c15-12-5-10-3-1-2-4-11(10)13(12)14-6-9(7-14)8-14/h1-4,9,13H,5-8H2. The number of ketones is 1. The summed E-state index contributed by atoms with van der Waals surface area (Å²) in [5.74, 6) is 1.71. The molecule has 0 aliphatic heterocycles. The molecular formula is C14H14O. The monoisotopic (exact) mass is 198 g/mol. The van der Waals surface area contributed by atoms with Crippen molar-refractivity contribution in [1.82, 2.24) is 0 Å². The van der Waals surface area contributed by atoms with Gasteiger partial charge >= 0.3 is 0 Å². The van der Waals surface area contributed by atoms with Gasteiger partial charge in [0, 0.05) is 12.3 Å². The molecule has 4 aliphatic carbocycles.